The molecule has 2 aromatic carbocycles. The number of carbonyl (C=O) groups is 1. The number of anilines is 1. The summed E-state index contributed by atoms with van der Waals surface area (Å²) in [5.74, 6) is 1.06. The van der Waals surface area contributed by atoms with Crippen molar-refractivity contribution in [1.82, 2.24) is 10.1 Å². The van der Waals surface area contributed by atoms with E-state index < -0.39 is 0 Å². The lowest BCUT2D eigenvalue weighted by Gasteiger charge is -2.05. The Hall–Kier alpha value is -2.67. The molecule has 26 heavy (non-hydrogen) atoms. The highest BCUT2D eigenvalue weighted by Crippen LogP contribution is 2.19. The number of halogens is 1. The maximum Gasteiger partial charge on any atom is 0.236 e. The van der Waals surface area contributed by atoms with E-state index in [1.165, 1.54) is 17.8 Å². The molecule has 3 rings (SSSR count). The van der Waals surface area contributed by atoms with Gasteiger partial charge in [0, 0.05) is 11.3 Å². The van der Waals surface area contributed by atoms with E-state index in [9.17, 15) is 9.18 Å². The first-order valence-electron chi connectivity index (χ1n) is 8.04. The number of nitrogens with one attached hydrogen (secondary N) is 1. The fourth-order valence-electron chi connectivity index (χ4n) is 2.23. The number of aromatic nitrogens is 2. The minimum absolute atomic E-state index is 0.206. The van der Waals surface area contributed by atoms with Crippen LogP contribution in [0, 0.1) is 19.7 Å². The van der Waals surface area contributed by atoms with E-state index in [4.69, 9.17) is 4.52 Å². The number of aryl methyl sites for hydroxylation is 2. The SMILES string of the molecule is Cc1ccc(-c2noc(CSCC(=O)Nc3ccc(C)c(F)c3)n2)cc1. The summed E-state index contributed by atoms with van der Waals surface area (Å²) >= 11 is 1.35. The van der Waals surface area contributed by atoms with Crippen LogP contribution < -0.4 is 5.32 Å². The van der Waals surface area contributed by atoms with E-state index in [2.05, 4.69) is 15.5 Å². The van der Waals surface area contributed by atoms with E-state index in [0.29, 0.717) is 28.7 Å². The second-order valence-corrected chi connectivity index (χ2v) is 6.87. The molecule has 1 amide bonds. The van der Waals surface area contributed by atoms with Gasteiger partial charge < -0.3 is 9.84 Å². The van der Waals surface area contributed by atoms with Crippen molar-refractivity contribution in [2.45, 2.75) is 19.6 Å². The molecule has 1 heterocycles. The van der Waals surface area contributed by atoms with Crippen molar-refractivity contribution in [1.29, 1.82) is 0 Å². The zero-order valence-electron chi connectivity index (χ0n) is 14.5. The highest BCUT2D eigenvalue weighted by Gasteiger charge is 2.10. The second-order valence-electron chi connectivity index (χ2n) is 5.88. The smallest absolute Gasteiger partial charge is 0.236 e. The Morgan fingerprint density at radius 2 is 1.96 bits per heavy atom. The topological polar surface area (TPSA) is 68.0 Å². The summed E-state index contributed by atoms with van der Waals surface area (Å²) in [6, 6.07) is 12.5. The van der Waals surface area contributed by atoms with Gasteiger partial charge in [-0.05, 0) is 31.5 Å². The molecule has 0 aliphatic carbocycles. The number of amides is 1. The number of carbonyl (C=O) groups excluding carboxylic acids is 1. The molecule has 0 saturated heterocycles. The lowest BCUT2D eigenvalue weighted by atomic mass is 10.1. The minimum atomic E-state index is -0.343. The summed E-state index contributed by atoms with van der Waals surface area (Å²) in [5.41, 5.74) is 3.03. The third kappa shape index (κ3) is 4.70. The van der Waals surface area contributed by atoms with Crippen LogP contribution >= 0.6 is 11.8 Å². The first-order valence-corrected chi connectivity index (χ1v) is 9.20. The fourth-order valence-corrected chi connectivity index (χ4v) is 2.88. The molecule has 0 atom stereocenters. The first-order chi connectivity index (χ1) is 12.5. The summed E-state index contributed by atoms with van der Waals surface area (Å²) in [6.45, 7) is 3.68. The van der Waals surface area contributed by atoms with Crippen molar-refractivity contribution >= 4 is 23.4 Å². The molecular weight excluding hydrogens is 353 g/mol. The van der Waals surface area contributed by atoms with Gasteiger partial charge in [0.15, 0.2) is 0 Å². The Morgan fingerprint density at radius 1 is 1.19 bits per heavy atom. The van der Waals surface area contributed by atoms with Gasteiger partial charge in [-0.25, -0.2) is 4.39 Å². The van der Waals surface area contributed by atoms with Crippen LogP contribution in [0.3, 0.4) is 0 Å². The molecule has 3 aromatic rings. The summed E-state index contributed by atoms with van der Waals surface area (Å²) in [6.07, 6.45) is 0. The molecule has 0 unspecified atom stereocenters. The number of hydrogen-bond donors (Lipinski definition) is 1. The molecule has 0 radical (unpaired) electrons. The minimum Gasteiger partial charge on any atom is -0.338 e. The zero-order valence-corrected chi connectivity index (χ0v) is 15.3. The van der Waals surface area contributed by atoms with Crippen molar-refractivity contribution in [2.24, 2.45) is 0 Å². The predicted molar refractivity (Wildman–Crippen MR) is 100 cm³/mol. The predicted octanol–water partition coefficient (Wildman–Crippen LogP) is 4.36. The number of rotatable bonds is 6. The van der Waals surface area contributed by atoms with Crippen molar-refractivity contribution in [3.05, 3.63) is 65.3 Å². The summed E-state index contributed by atoms with van der Waals surface area (Å²) < 4.78 is 18.7. The number of benzene rings is 2. The summed E-state index contributed by atoms with van der Waals surface area (Å²) in [7, 11) is 0. The van der Waals surface area contributed by atoms with Crippen LogP contribution in [0.2, 0.25) is 0 Å². The first kappa shape index (κ1) is 18.1. The van der Waals surface area contributed by atoms with Crippen molar-refractivity contribution in [3.8, 4) is 11.4 Å². The van der Waals surface area contributed by atoms with Gasteiger partial charge >= 0.3 is 0 Å². The molecule has 0 fully saturated rings. The fraction of sp³-hybridized carbons (Fsp3) is 0.211. The van der Waals surface area contributed by atoms with Crippen LogP contribution in [0.5, 0.6) is 0 Å². The van der Waals surface area contributed by atoms with Crippen molar-refractivity contribution in [3.63, 3.8) is 0 Å². The van der Waals surface area contributed by atoms with Crippen LogP contribution in [0.25, 0.3) is 11.4 Å². The highest BCUT2D eigenvalue weighted by atomic mass is 32.2. The number of nitrogens with zero attached hydrogens (tertiary/aromatic N) is 2. The molecule has 134 valence electrons. The quantitative estimate of drug-likeness (QED) is 0.697. The molecule has 0 spiro atoms. The normalized spacial score (nSPS) is 10.7. The van der Waals surface area contributed by atoms with Gasteiger partial charge in [-0.2, -0.15) is 4.98 Å². The van der Waals surface area contributed by atoms with Gasteiger partial charge in [0.25, 0.3) is 0 Å². The Balaban J connectivity index is 1.49. The van der Waals surface area contributed by atoms with Gasteiger partial charge in [-0.1, -0.05) is 41.1 Å². The third-order valence-electron chi connectivity index (χ3n) is 3.69. The van der Waals surface area contributed by atoms with Crippen LogP contribution in [0.4, 0.5) is 10.1 Å². The van der Waals surface area contributed by atoms with Gasteiger partial charge in [0.05, 0.1) is 11.5 Å². The Morgan fingerprint density at radius 3 is 2.69 bits per heavy atom. The summed E-state index contributed by atoms with van der Waals surface area (Å²) in [5, 5.41) is 6.62. The lowest BCUT2D eigenvalue weighted by Crippen LogP contribution is -2.14. The average molecular weight is 371 g/mol. The molecule has 0 aliphatic heterocycles. The maximum atomic E-state index is 13.5. The molecule has 0 aliphatic rings. The molecule has 0 saturated carbocycles. The second kappa shape index (κ2) is 8.14. The molecule has 1 N–H and O–H groups in total. The van der Waals surface area contributed by atoms with E-state index in [-0.39, 0.29) is 17.5 Å². The maximum absolute atomic E-state index is 13.5. The largest absolute Gasteiger partial charge is 0.338 e. The van der Waals surface area contributed by atoms with Gasteiger partial charge in [0.1, 0.15) is 5.82 Å². The monoisotopic (exact) mass is 371 g/mol. The van der Waals surface area contributed by atoms with Crippen LogP contribution in [0.15, 0.2) is 47.0 Å². The van der Waals surface area contributed by atoms with E-state index in [1.54, 1.807) is 19.1 Å². The van der Waals surface area contributed by atoms with Crippen molar-refractivity contribution < 1.29 is 13.7 Å². The molecule has 7 heteroatoms. The van der Waals surface area contributed by atoms with E-state index in [1.807, 2.05) is 31.2 Å². The van der Waals surface area contributed by atoms with E-state index in [0.717, 1.165) is 11.1 Å². The number of hydrogen-bond acceptors (Lipinski definition) is 5. The van der Waals surface area contributed by atoms with Crippen LogP contribution in [-0.2, 0) is 10.5 Å². The third-order valence-corrected chi connectivity index (χ3v) is 4.61. The van der Waals surface area contributed by atoms with Gasteiger partial charge in [-0.3, -0.25) is 4.79 Å². The van der Waals surface area contributed by atoms with Gasteiger partial charge in [-0.15, -0.1) is 11.8 Å². The van der Waals surface area contributed by atoms with Crippen LogP contribution in [-0.4, -0.2) is 21.8 Å². The molecule has 5 nitrogen and oxygen atoms in total. The highest BCUT2D eigenvalue weighted by molar-refractivity contribution is 7.99. The standard InChI is InChI=1S/C19H18FN3O2S/c1-12-3-6-14(7-4-12)19-22-18(25-23-19)11-26-10-17(24)21-15-8-5-13(2)16(20)9-15/h3-9H,10-11H2,1-2H3,(H,21,24). The summed E-state index contributed by atoms with van der Waals surface area (Å²) in [4.78, 5) is 16.3. The molecule has 0 bridgehead atoms. The lowest BCUT2D eigenvalue weighted by molar-refractivity contribution is -0.113. The molecular formula is C19H18FN3O2S. The zero-order chi connectivity index (χ0) is 18.5. The Kier molecular flexibility index (Phi) is 5.68. The Bertz CT molecular complexity index is 909. The number of thioether (sulfide) groups is 1. The molecule has 1 aromatic heterocycles. The van der Waals surface area contributed by atoms with E-state index >= 15 is 0 Å². The van der Waals surface area contributed by atoms with Crippen LogP contribution in [0.1, 0.15) is 17.0 Å². The average Bonchev–Trinajstić information content (AvgIpc) is 3.08. The van der Waals surface area contributed by atoms with Crippen molar-refractivity contribution in [2.75, 3.05) is 11.1 Å². The van der Waals surface area contributed by atoms with Gasteiger partial charge in [0.2, 0.25) is 17.6 Å². The Labute approximate surface area is 155 Å².